The van der Waals surface area contributed by atoms with Gasteiger partial charge in [0, 0.05) is 44.3 Å². The number of hydrogen-bond donors (Lipinski definition) is 0. The van der Waals surface area contributed by atoms with Gasteiger partial charge < -0.3 is 4.90 Å². The molecule has 0 N–H and O–H groups in total. The van der Waals surface area contributed by atoms with Gasteiger partial charge in [0.05, 0.1) is 0 Å². The Kier molecular flexibility index (Phi) is 4.27. The van der Waals surface area contributed by atoms with E-state index in [2.05, 4.69) is 4.98 Å². The molecular weight excluding hydrogens is 324 g/mol. The van der Waals surface area contributed by atoms with Gasteiger partial charge in [-0.3, -0.25) is 4.98 Å². The molecule has 0 aliphatic carbocycles. The molecule has 1 aromatic heterocycles. The van der Waals surface area contributed by atoms with E-state index in [0.29, 0.717) is 13.1 Å². The second-order valence-corrected chi connectivity index (χ2v) is 7.02. The molecule has 0 spiro atoms. The van der Waals surface area contributed by atoms with E-state index in [0.717, 1.165) is 28.2 Å². The number of benzene rings is 1. The van der Waals surface area contributed by atoms with Crippen molar-refractivity contribution in [3.05, 3.63) is 54.4 Å². The van der Waals surface area contributed by atoms with Crippen molar-refractivity contribution in [1.82, 2.24) is 9.29 Å². The molecular formula is C15H15F2N3O2S. The highest BCUT2D eigenvalue weighted by Gasteiger charge is 2.33. The normalized spacial score (nSPS) is 16.5. The number of nitrogens with zero attached hydrogens (tertiary/aromatic N) is 3. The Balaban J connectivity index is 1.79. The average molecular weight is 339 g/mol. The van der Waals surface area contributed by atoms with E-state index in [1.165, 1.54) is 0 Å². The molecule has 0 saturated carbocycles. The Morgan fingerprint density at radius 3 is 2.04 bits per heavy atom. The zero-order chi connectivity index (χ0) is 16.4. The molecule has 122 valence electrons. The molecule has 2 aromatic rings. The van der Waals surface area contributed by atoms with Gasteiger partial charge in [-0.2, -0.15) is 4.31 Å². The number of pyridine rings is 1. The lowest BCUT2D eigenvalue weighted by Gasteiger charge is -2.35. The zero-order valence-corrected chi connectivity index (χ0v) is 13.0. The van der Waals surface area contributed by atoms with Crippen LogP contribution in [0.15, 0.2) is 47.6 Å². The first-order valence-electron chi connectivity index (χ1n) is 7.09. The zero-order valence-electron chi connectivity index (χ0n) is 12.2. The van der Waals surface area contributed by atoms with Crippen molar-refractivity contribution in [3.8, 4) is 0 Å². The molecule has 0 bridgehead atoms. The minimum Gasteiger partial charge on any atom is -0.369 e. The topological polar surface area (TPSA) is 53.5 Å². The van der Waals surface area contributed by atoms with Crippen LogP contribution in [0.2, 0.25) is 0 Å². The SMILES string of the molecule is O=S(=O)(c1c(F)cccc1F)N1CCN(c2ccncc2)CC1. The van der Waals surface area contributed by atoms with Gasteiger partial charge in [-0.05, 0) is 24.3 Å². The summed E-state index contributed by atoms with van der Waals surface area (Å²) in [6.07, 6.45) is 3.32. The Bertz CT molecular complexity index is 771. The van der Waals surface area contributed by atoms with Gasteiger partial charge >= 0.3 is 0 Å². The maximum Gasteiger partial charge on any atom is 0.249 e. The highest BCUT2D eigenvalue weighted by molar-refractivity contribution is 7.89. The van der Waals surface area contributed by atoms with Crippen molar-refractivity contribution in [2.45, 2.75) is 4.90 Å². The second kappa shape index (κ2) is 6.21. The van der Waals surface area contributed by atoms with Crippen LogP contribution in [-0.2, 0) is 10.0 Å². The molecule has 8 heteroatoms. The van der Waals surface area contributed by atoms with Crippen LogP contribution in [0.3, 0.4) is 0 Å². The summed E-state index contributed by atoms with van der Waals surface area (Å²) in [7, 11) is -4.18. The standard InChI is InChI=1S/C15H15F2N3O2S/c16-13-2-1-3-14(17)15(13)23(21,22)20-10-8-19(9-11-20)12-4-6-18-7-5-12/h1-7H,8-11H2. The molecule has 1 aliphatic rings. The van der Waals surface area contributed by atoms with E-state index < -0.39 is 26.6 Å². The van der Waals surface area contributed by atoms with E-state index in [1.807, 2.05) is 17.0 Å². The summed E-state index contributed by atoms with van der Waals surface area (Å²) in [5.41, 5.74) is 0.939. The fourth-order valence-corrected chi connectivity index (χ4v) is 4.13. The largest absolute Gasteiger partial charge is 0.369 e. The fourth-order valence-electron chi connectivity index (χ4n) is 2.60. The summed E-state index contributed by atoms with van der Waals surface area (Å²) in [5, 5.41) is 0. The Morgan fingerprint density at radius 2 is 1.48 bits per heavy atom. The summed E-state index contributed by atoms with van der Waals surface area (Å²) in [6.45, 7) is 1.22. The van der Waals surface area contributed by atoms with Crippen molar-refractivity contribution in [1.29, 1.82) is 0 Å². The Morgan fingerprint density at radius 1 is 0.913 bits per heavy atom. The predicted octanol–water partition coefficient (Wildman–Crippen LogP) is 1.87. The van der Waals surface area contributed by atoms with Gasteiger partial charge in [-0.15, -0.1) is 0 Å². The molecule has 3 rings (SSSR count). The summed E-state index contributed by atoms with van der Waals surface area (Å²) in [5.74, 6) is -2.14. The number of aromatic nitrogens is 1. The van der Waals surface area contributed by atoms with E-state index in [-0.39, 0.29) is 13.1 Å². The van der Waals surface area contributed by atoms with Crippen LogP contribution >= 0.6 is 0 Å². The van der Waals surface area contributed by atoms with Gasteiger partial charge in [0.25, 0.3) is 0 Å². The number of piperazine rings is 1. The fraction of sp³-hybridized carbons (Fsp3) is 0.267. The number of halogens is 2. The van der Waals surface area contributed by atoms with Crippen molar-refractivity contribution in [3.63, 3.8) is 0 Å². The highest BCUT2D eigenvalue weighted by Crippen LogP contribution is 2.24. The highest BCUT2D eigenvalue weighted by atomic mass is 32.2. The lowest BCUT2D eigenvalue weighted by molar-refractivity contribution is 0.378. The minimum atomic E-state index is -4.18. The minimum absolute atomic E-state index is 0.165. The van der Waals surface area contributed by atoms with Gasteiger partial charge in [-0.25, -0.2) is 17.2 Å². The van der Waals surface area contributed by atoms with E-state index >= 15 is 0 Å². The number of rotatable bonds is 3. The molecule has 0 radical (unpaired) electrons. The molecule has 5 nitrogen and oxygen atoms in total. The smallest absolute Gasteiger partial charge is 0.249 e. The molecule has 0 unspecified atom stereocenters. The lowest BCUT2D eigenvalue weighted by Crippen LogP contribution is -2.49. The van der Waals surface area contributed by atoms with Crippen molar-refractivity contribution in [2.75, 3.05) is 31.1 Å². The van der Waals surface area contributed by atoms with E-state index in [4.69, 9.17) is 0 Å². The van der Waals surface area contributed by atoms with Gasteiger partial charge in [0.1, 0.15) is 11.6 Å². The predicted molar refractivity (Wildman–Crippen MR) is 81.6 cm³/mol. The second-order valence-electron chi connectivity index (χ2n) is 5.15. The number of sulfonamides is 1. The first-order chi connectivity index (χ1) is 11.0. The summed E-state index contributed by atoms with van der Waals surface area (Å²) >= 11 is 0. The third kappa shape index (κ3) is 3.04. The molecule has 2 heterocycles. The summed E-state index contributed by atoms with van der Waals surface area (Å²) in [4.78, 5) is 5.07. The number of hydrogen-bond acceptors (Lipinski definition) is 4. The third-order valence-corrected chi connectivity index (χ3v) is 5.73. The lowest BCUT2D eigenvalue weighted by atomic mass is 10.3. The van der Waals surface area contributed by atoms with E-state index in [1.54, 1.807) is 12.4 Å². The summed E-state index contributed by atoms with van der Waals surface area (Å²) < 4.78 is 53.7. The maximum atomic E-state index is 13.8. The summed E-state index contributed by atoms with van der Waals surface area (Å²) in [6, 6.07) is 6.71. The van der Waals surface area contributed by atoms with Crippen LogP contribution in [-0.4, -0.2) is 43.9 Å². The average Bonchev–Trinajstić information content (AvgIpc) is 2.55. The van der Waals surface area contributed by atoms with Crippen LogP contribution < -0.4 is 4.90 Å². The quantitative estimate of drug-likeness (QED) is 0.857. The Hall–Kier alpha value is -2.06. The van der Waals surface area contributed by atoms with Crippen molar-refractivity contribution >= 4 is 15.7 Å². The molecule has 0 atom stereocenters. The molecule has 23 heavy (non-hydrogen) atoms. The Labute approximate surface area is 133 Å². The molecule has 1 aliphatic heterocycles. The van der Waals surface area contributed by atoms with Gasteiger partial charge in [0.2, 0.25) is 10.0 Å². The van der Waals surface area contributed by atoms with Crippen LogP contribution in [0.1, 0.15) is 0 Å². The molecule has 1 aromatic carbocycles. The molecule has 1 saturated heterocycles. The maximum absolute atomic E-state index is 13.8. The monoisotopic (exact) mass is 339 g/mol. The van der Waals surface area contributed by atoms with Gasteiger partial charge in [0.15, 0.2) is 4.90 Å². The van der Waals surface area contributed by atoms with Crippen molar-refractivity contribution in [2.24, 2.45) is 0 Å². The van der Waals surface area contributed by atoms with Crippen LogP contribution in [0.4, 0.5) is 14.5 Å². The first kappa shape index (κ1) is 15.8. The molecule has 0 amide bonds. The molecule has 1 fully saturated rings. The van der Waals surface area contributed by atoms with Crippen LogP contribution in [0.5, 0.6) is 0 Å². The van der Waals surface area contributed by atoms with Crippen molar-refractivity contribution < 1.29 is 17.2 Å². The number of anilines is 1. The van der Waals surface area contributed by atoms with Crippen LogP contribution in [0.25, 0.3) is 0 Å². The third-order valence-electron chi connectivity index (χ3n) is 3.78. The van der Waals surface area contributed by atoms with Crippen LogP contribution in [0, 0.1) is 11.6 Å². The first-order valence-corrected chi connectivity index (χ1v) is 8.53. The van der Waals surface area contributed by atoms with E-state index in [9.17, 15) is 17.2 Å². The van der Waals surface area contributed by atoms with Gasteiger partial charge in [-0.1, -0.05) is 6.07 Å².